The van der Waals surface area contributed by atoms with Crippen molar-refractivity contribution in [3.05, 3.63) is 59.4 Å². The molecule has 1 aliphatic carbocycles. The first-order chi connectivity index (χ1) is 13.1. The number of alkyl halides is 3. The van der Waals surface area contributed by atoms with Gasteiger partial charge in [-0.3, -0.25) is 9.78 Å². The molecule has 1 fully saturated rings. The summed E-state index contributed by atoms with van der Waals surface area (Å²) in [6, 6.07) is 7.84. The molecule has 0 spiro atoms. The Labute approximate surface area is 160 Å². The van der Waals surface area contributed by atoms with Crippen molar-refractivity contribution in [2.24, 2.45) is 5.92 Å². The number of nitrogens with one attached hydrogen (secondary N) is 1. The predicted octanol–water partition coefficient (Wildman–Crippen LogP) is 3.78. The van der Waals surface area contributed by atoms with Crippen LogP contribution < -0.4 is 5.32 Å². The minimum absolute atomic E-state index is 0.0102. The maximum absolute atomic E-state index is 12.6. The highest BCUT2D eigenvalue weighted by molar-refractivity contribution is 7.91. The molecule has 1 aliphatic rings. The molecular formula is C19H19F3N2O3S. The molecule has 0 saturated heterocycles. The highest BCUT2D eigenvalue weighted by Crippen LogP contribution is 2.41. The summed E-state index contributed by atoms with van der Waals surface area (Å²) in [7, 11) is -3.39. The fourth-order valence-corrected chi connectivity index (χ4v) is 3.83. The molecule has 150 valence electrons. The van der Waals surface area contributed by atoms with Crippen LogP contribution in [0.25, 0.3) is 0 Å². The number of pyridine rings is 1. The van der Waals surface area contributed by atoms with E-state index in [4.69, 9.17) is 0 Å². The number of amides is 1. The van der Waals surface area contributed by atoms with Crippen LogP contribution in [0.15, 0.2) is 47.5 Å². The van der Waals surface area contributed by atoms with Gasteiger partial charge in [-0.25, -0.2) is 8.42 Å². The third kappa shape index (κ3) is 4.52. The van der Waals surface area contributed by atoms with Gasteiger partial charge in [0, 0.05) is 6.20 Å². The Hall–Kier alpha value is -2.42. The number of rotatable bonds is 6. The zero-order valence-electron chi connectivity index (χ0n) is 15.0. The van der Waals surface area contributed by atoms with Crippen LogP contribution in [0.4, 0.5) is 13.2 Å². The number of hydrogen-bond acceptors (Lipinski definition) is 4. The first kappa shape index (κ1) is 20.3. The molecule has 0 bridgehead atoms. The molecular weight excluding hydrogens is 393 g/mol. The van der Waals surface area contributed by atoms with Crippen molar-refractivity contribution in [1.29, 1.82) is 0 Å². The molecule has 0 unspecified atom stereocenters. The van der Waals surface area contributed by atoms with Crippen molar-refractivity contribution < 1.29 is 26.4 Å². The van der Waals surface area contributed by atoms with Crippen LogP contribution >= 0.6 is 0 Å². The van der Waals surface area contributed by atoms with E-state index in [0.717, 1.165) is 31.2 Å². The van der Waals surface area contributed by atoms with Gasteiger partial charge in [-0.05, 0) is 48.6 Å². The van der Waals surface area contributed by atoms with Gasteiger partial charge in [0.15, 0.2) is 9.84 Å². The minimum Gasteiger partial charge on any atom is -0.345 e. The van der Waals surface area contributed by atoms with Gasteiger partial charge in [-0.15, -0.1) is 0 Å². The molecule has 3 rings (SSSR count). The Kier molecular flexibility index (Phi) is 5.47. The highest BCUT2D eigenvalue weighted by Gasteiger charge is 2.35. The number of hydrogen-bond donors (Lipinski definition) is 1. The van der Waals surface area contributed by atoms with Crippen molar-refractivity contribution in [2.75, 3.05) is 5.75 Å². The van der Waals surface area contributed by atoms with Crippen LogP contribution in [-0.2, 0) is 16.0 Å². The quantitative estimate of drug-likeness (QED) is 0.784. The number of aromatic nitrogens is 1. The molecule has 1 heterocycles. The summed E-state index contributed by atoms with van der Waals surface area (Å²) in [5.74, 6) is -0.429. The summed E-state index contributed by atoms with van der Waals surface area (Å²) in [6.07, 6.45) is -1.93. The number of halogens is 3. The smallest absolute Gasteiger partial charge is 0.345 e. The van der Waals surface area contributed by atoms with Crippen molar-refractivity contribution in [3.63, 3.8) is 0 Å². The second-order valence-electron chi connectivity index (χ2n) is 6.69. The van der Waals surface area contributed by atoms with Gasteiger partial charge in [-0.1, -0.05) is 19.1 Å². The highest BCUT2D eigenvalue weighted by atomic mass is 32.2. The molecule has 0 aliphatic heterocycles. The molecule has 2 aromatic rings. The van der Waals surface area contributed by atoms with Crippen molar-refractivity contribution in [1.82, 2.24) is 10.3 Å². The van der Waals surface area contributed by atoms with Crippen LogP contribution in [0, 0.1) is 5.92 Å². The zero-order valence-corrected chi connectivity index (χ0v) is 15.8. The molecule has 28 heavy (non-hydrogen) atoms. The fourth-order valence-electron chi connectivity index (χ4n) is 2.89. The van der Waals surface area contributed by atoms with E-state index in [1.807, 2.05) is 0 Å². The first-order valence-corrected chi connectivity index (χ1v) is 10.4. The number of benzene rings is 1. The number of nitrogens with zero attached hydrogens (tertiary/aromatic N) is 1. The molecule has 1 saturated carbocycles. The van der Waals surface area contributed by atoms with E-state index in [2.05, 4.69) is 10.3 Å². The van der Waals surface area contributed by atoms with E-state index in [9.17, 15) is 26.4 Å². The van der Waals surface area contributed by atoms with Crippen molar-refractivity contribution in [3.8, 4) is 0 Å². The number of carbonyl (C=O) groups excluding carboxylic acids is 1. The van der Waals surface area contributed by atoms with Crippen LogP contribution in [0.5, 0.6) is 0 Å². The van der Waals surface area contributed by atoms with E-state index < -0.39 is 33.7 Å². The summed E-state index contributed by atoms with van der Waals surface area (Å²) >= 11 is 0. The van der Waals surface area contributed by atoms with Crippen molar-refractivity contribution in [2.45, 2.75) is 36.9 Å². The van der Waals surface area contributed by atoms with E-state index in [-0.39, 0.29) is 22.1 Å². The lowest BCUT2D eigenvalue weighted by molar-refractivity contribution is -0.141. The van der Waals surface area contributed by atoms with Crippen LogP contribution in [0.1, 0.15) is 47.4 Å². The van der Waals surface area contributed by atoms with Crippen LogP contribution in [0.3, 0.4) is 0 Å². The molecule has 1 aromatic carbocycles. The Bertz CT molecular complexity index is 969. The summed E-state index contributed by atoms with van der Waals surface area (Å²) in [5.41, 5.74) is -0.401. The maximum Gasteiger partial charge on any atom is 0.433 e. The molecule has 1 amide bonds. The molecule has 1 N–H and O–H groups in total. The number of carbonyl (C=O) groups is 1. The van der Waals surface area contributed by atoms with E-state index in [1.54, 1.807) is 25.1 Å². The normalized spacial score (nSPS) is 15.9. The van der Waals surface area contributed by atoms with Gasteiger partial charge in [0.25, 0.3) is 5.91 Å². The van der Waals surface area contributed by atoms with Crippen LogP contribution in [-0.4, -0.2) is 25.1 Å². The van der Waals surface area contributed by atoms with Crippen molar-refractivity contribution >= 4 is 15.7 Å². The third-order valence-electron chi connectivity index (χ3n) is 4.65. The molecule has 0 radical (unpaired) electrons. The second kappa shape index (κ2) is 7.54. The summed E-state index contributed by atoms with van der Waals surface area (Å²) in [5, 5.41) is 2.81. The van der Waals surface area contributed by atoms with E-state index >= 15 is 0 Å². The lowest BCUT2D eigenvalue weighted by Gasteiger charge is -2.20. The minimum atomic E-state index is -4.57. The van der Waals surface area contributed by atoms with E-state index in [0.29, 0.717) is 5.56 Å². The Morgan fingerprint density at radius 1 is 1.25 bits per heavy atom. The van der Waals surface area contributed by atoms with Crippen LogP contribution in [0.2, 0.25) is 0 Å². The third-order valence-corrected chi connectivity index (χ3v) is 6.38. The Morgan fingerprint density at radius 2 is 1.96 bits per heavy atom. The fraction of sp³-hybridized carbons (Fsp3) is 0.368. The molecule has 1 aromatic heterocycles. The maximum atomic E-state index is 12.6. The summed E-state index contributed by atoms with van der Waals surface area (Å²) in [6.45, 7) is 1.56. The van der Waals surface area contributed by atoms with Gasteiger partial charge in [0.2, 0.25) is 0 Å². The average Bonchev–Trinajstić information content (AvgIpc) is 3.50. The number of sulfone groups is 1. The Balaban J connectivity index is 1.83. The topological polar surface area (TPSA) is 76.1 Å². The summed E-state index contributed by atoms with van der Waals surface area (Å²) in [4.78, 5) is 16.0. The monoisotopic (exact) mass is 412 g/mol. The molecule has 9 heteroatoms. The predicted molar refractivity (Wildman–Crippen MR) is 96.3 cm³/mol. The SMILES string of the molecule is CCS(=O)(=O)c1cccc([C@@H](NC(=O)c2ccc(C(F)(F)F)nc2)C2CC2)c1. The van der Waals surface area contributed by atoms with E-state index in [1.165, 1.54) is 6.07 Å². The van der Waals surface area contributed by atoms with Gasteiger partial charge >= 0.3 is 6.18 Å². The van der Waals surface area contributed by atoms with Gasteiger partial charge < -0.3 is 5.32 Å². The summed E-state index contributed by atoms with van der Waals surface area (Å²) < 4.78 is 62.1. The first-order valence-electron chi connectivity index (χ1n) is 8.78. The lowest BCUT2D eigenvalue weighted by atomic mass is 10.0. The second-order valence-corrected chi connectivity index (χ2v) is 8.97. The lowest BCUT2D eigenvalue weighted by Crippen LogP contribution is -2.30. The molecule has 1 atom stereocenters. The standard InChI is InChI=1S/C19H19F3N2O3S/c1-2-28(26,27)15-5-3-4-13(10-15)17(12-6-7-12)24-18(25)14-8-9-16(23-11-14)19(20,21)22/h3-5,8-12,17H,2,6-7H2,1H3,(H,24,25)/t17-/m0/s1. The average molecular weight is 412 g/mol. The van der Waals surface area contributed by atoms with Gasteiger partial charge in [0.1, 0.15) is 5.69 Å². The molecule has 5 nitrogen and oxygen atoms in total. The van der Waals surface area contributed by atoms with Gasteiger partial charge in [0.05, 0.1) is 22.3 Å². The zero-order chi connectivity index (χ0) is 20.5. The van der Waals surface area contributed by atoms with Gasteiger partial charge in [-0.2, -0.15) is 13.2 Å². The largest absolute Gasteiger partial charge is 0.433 e. The Morgan fingerprint density at radius 3 is 2.50 bits per heavy atom.